The highest BCUT2D eigenvalue weighted by Gasteiger charge is 2.15. The molecule has 0 heterocycles. The third-order valence-electron chi connectivity index (χ3n) is 4.24. The number of rotatable bonds is 6. The lowest BCUT2D eigenvalue weighted by Crippen LogP contribution is -2.30. The van der Waals surface area contributed by atoms with Gasteiger partial charge in [-0.15, -0.1) is 0 Å². The Morgan fingerprint density at radius 2 is 1.50 bits per heavy atom. The van der Waals surface area contributed by atoms with Crippen molar-refractivity contribution in [3.63, 3.8) is 0 Å². The van der Waals surface area contributed by atoms with Gasteiger partial charge in [0.05, 0.1) is 0 Å². The molecule has 30 heavy (non-hydrogen) atoms. The van der Waals surface area contributed by atoms with E-state index in [1.165, 1.54) is 37.3 Å². The van der Waals surface area contributed by atoms with E-state index in [9.17, 15) is 18.8 Å². The largest absolute Gasteiger partial charge is 0.321 e. The van der Waals surface area contributed by atoms with Crippen LogP contribution in [0, 0.1) is 5.82 Å². The monoisotopic (exact) mass is 402 g/mol. The first-order valence-electron chi connectivity index (χ1n) is 9.18. The Hall–Kier alpha value is -4.06. The average Bonchev–Trinajstić information content (AvgIpc) is 2.75. The van der Waals surface area contributed by atoms with Crippen LogP contribution in [0.5, 0.6) is 0 Å². The number of hydrogen-bond donors (Lipinski definition) is 2. The third kappa shape index (κ3) is 5.48. The van der Waals surface area contributed by atoms with Crippen LogP contribution in [0.4, 0.5) is 10.1 Å². The van der Waals surface area contributed by atoms with Gasteiger partial charge in [0.15, 0.2) is 5.78 Å². The molecule has 3 rings (SSSR count). The summed E-state index contributed by atoms with van der Waals surface area (Å²) in [6, 6.07) is 20.4. The molecule has 0 saturated heterocycles. The highest BCUT2D eigenvalue weighted by Crippen LogP contribution is 2.14. The number of amides is 2. The second kappa shape index (κ2) is 9.43. The zero-order valence-electron chi connectivity index (χ0n) is 16.2. The Morgan fingerprint density at radius 3 is 2.17 bits per heavy atom. The summed E-state index contributed by atoms with van der Waals surface area (Å²) in [7, 11) is 0. The molecular formula is C24H19FN2O3. The van der Waals surface area contributed by atoms with Crippen molar-refractivity contribution in [3.8, 4) is 0 Å². The van der Waals surface area contributed by atoms with Crippen molar-refractivity contribution in [2.45, 2.75) is 6.92 Å². The third-order valence-corrected chi connectivity index (χ3v) is 4.24. The maximum atomic E-state index is 13.2. The lowest BCUT2D eigenvalue weighted by molar-refractivity contribution is -0.113. The normalized spacial score (nSPS) is 10.9. The molecule has 2 N–H and O–H groups in total. The van der Waals surface area contributed by atoms with Crippen LogP contribution in [-0.4, -0.2) is 17.6 Å². The number of Topliss-reactive ketones (excluding diaryl/α,β-unsaturated/α-hetero) is 1. The van der Waals surface area contributed by atoms with Gasteiger partial charge in [0.25, 0.3) is 11.8 Å². The maximum absolute atomic E-state index is 13.2. The number of carbonyl (C=O) groups is 3. The van der Waals surface area contributed by atoms with Crippen molar-refractivity contribution in [2.24, 2.45) is 0 Å². The minimum Gasteiger partial charge on any atom is -0.321 e. The predicted octanol–water partition coefficient (Wildman–Crippen LogP) is 4.44. The van der Waals surface area contributed by atoms with Crippen molar-refractivity contribution in [2.75, 3.05) is 5.32 Å². The van der Waals surface area contributed by atoms with E-state index in [1.54, 1.807) is 54.6 Å². The molecule has 0 aromatic heterocycles. The van der Waals surface area contributed by atoms with Gasteiger partial charge in [-0.1, -0.05) is 42.5 Å². The molecule has 3 aromatic rings. The first kappa shape index (κ1) is 20.7. The van der Waals surface area contributed by atoms with E-state index in [0.29, 0.717) is 22.4 Å². The number of hydrogen-bond acceptors (Lipinski definition) is 3. The van der Waals surface area contributed by atoms with E-state index < -0.39 is 17.6 Å². The molecule has 0 aliphatic rings. The van der Waals surface area contributed by atoms with Gasteiger partial charge in [0.2, 0.25) is 0 Å². The molecule has 0 aliphatic heterocycles. The molecule has 0 aliphatic carbocycles. The fraction of sp³-hybridized carbons (Fsp3) is 0.0417. The number of ketones is 1. The van der Waals surface area contributed by atoms with E-state index in [2.05, 4.69) is 10.6 Å². The van der Waals surface area contributed by atoms with E-state index >= 15 is 0 Å². The van der Waals surface area contributed by atoms with Gasteiger partial charge >= 0.3 is 0 Å². The molecule has 0 atom stereocenters. The van der Waals surface area contributed by atoms with Crippen LogP contribution in [0.15, 0.2) is 84.6 Å². The molecule has 150 valence electrons. The zero-order valence-corrected chi connectivity index (χ0v) is 16.2. The quantitative estimate of drug-likeness (QED) is 0.473. The summed E-state index contributed by atoms with van der Waals surface area (Å²) in [6.07, 6.45) is 1.45. The summed E-state index contributed by atoms with van der Waals surface area (Å²) in [5.41, 5.74) is 1.75. The summed E-state index contributed by atoms with van der Waals surface area (Å²) in [5, 5.41) is 5.28. The lowest BCUT2D eigenvalue weighted by atomic mass is 10.1. The smallest absolute Gasteiger partial charge is 0.272 e. The minimum atomic E-state index is -0.579. The number of anilines is 1. The first-order valence-corrected chi connectivity index (χ1v) is 9.18. The first-order chi connectivity index (χ1) is 14.4. The van der Waals surface area contributed by atoms with Gasteiger partial charge in [-0.05, 0) is 55.0 Å². The van der Waals surface area contributed by atoms with Gasteiger partial charge in [-0.3, -0.25) is 14.4 Å². The van der Waals surface area contributed by atoms with Crippen molar-refractivity contribution >= 4 is 29.4 Å². The van der Waals surface area contributed by atoms with Crippen LogP contribution >= 0.6 is 0 Å². The summed E-state index contributed by atoms with van der Waals surface area (Å²) in [6.45, 7) is 1.43. The Balaban J connectivity index is 1.89. The summed E-state index contributed by atoms with van der Waals surface area (Å²) in [5.74, 6) is -1.58. The Morgan fingerprint density at radius 1 is 0.833 bits per heavy atom. The van der Waals surface area contributed by atoms with E-state index in [1.807, 2.05) is 0 Å². The van der Waals surface area contributed by atoms with E-state index in [4.69, 9.17) is 0 Å². The van der Waals surface area contributed by atoms with Gasteiger partial charge in [0, 0.05) is 16.8 Å². The molecule has 0 bridgehead atoms. The van der Waals surface area contributed by atoms with Crippen molar-refractivity contribution < 1.29 is 18.8 Å². The molecule has 0 spiro atoms. The molecule has 3 aromatic carbocycles. The highest BCUT2D eigenvalue weighted by molar-refractivity contribution is 6.11. The lowest BCUT2D eigenvalue weighted by Gasteiger charge is -2.12. The predicted molar refractivity (Wildman–Crippen MR) is 113 cm³/mol. The maximum Gasteiger partial charge on any atom is 0.272 e. The summed E-state index contributed by atoms with van der Waals surface area (Å²) >= 11 is 0. The average molecular weight is 402 g/mol. The van der Waals surface area contributed by atoms with Crippen molar-refractivity contribution in [1.29, 1.82) is 0 Å². The Labute approximate surface area is 173 Å². The molecule has 0 radical (unpaired) electrons. The van der Waals surface area contributed by atoms with Crippen LogP contribution in [0.1, 0.15) is 33.2 Å². The molecule has 0 saturated carbocycles. The fourth-order valence-electron chi connectivity index (χ4n) is 2.68. The second-order valence-corrected chi connectivity index (χ2v) is 6.52. The summed E-state index contributed by atoms with van der Waals surface area (Å²) < 4.78 is 13.2. The number of halogens is 1. The van der Waals surface area contributed by atoms with Crippen LogP contribution < -0.4 is 10.6 Å². The molecule has 5 nitrogen and oxygen atoms in total. The van der Waals surface area contributed by atoms with Crippen LogP contribution in [-0.2, 0) is 4.79 Å². The van der Waals surface area contributed by atoms with Crippen LogP contribution in [0.25, 0.3) is 6.08 Å². The molecule has 6 heteroatoms. The minimum absolute atomic E-state index is 0.0244. The van der Waals surface area contributed by atoms with Gasteiger partial charge in [-0.2, -0.15) is 0 Å². The Kier molecular flexibility index (Phi) is 6.49. The van der Waals surface area contributed by atoms with Crippen molar-refractivity contribution in [1.82, 2.24) is 5.32 Å². The second-order valence-electron chi connectivity index (χ2n) is 6.52. The zero-order chi connectivity index (χ0) is 21.5. The Bertz CT molecular complexity index is 1110. The van der Waals surface area contributed by atoms with Gasteiger partial charge in [-0.25, -0.2) is 4.39 Å². The SMILES string of the molecule is CC(=O)c1cccc(NC(=O)C(=Cc2ccc(F)cc2)NC(=O)c2ccccc2)c1. The van der Waals surface area contributed by atoms with Crippen LogP contribution in [0.2, 0.25) is 0 Å². The van der Waals surface area contributed by atoms with Gasteiger partial charge < -0.3 is 10.6 Å². The molecule has 0 fully saturated rings. The standard InChI is InChI=1S/C24H19FN2O3/c1-16(28)19-8-5-9-21(15-19)26-24(30)22(14-17-10-12-20(25)13-11-17)27-23(29)18-6-3-2-4-7-18/h2-15H,1H3,(H,26,30)(H,27,29). The van der Waals surface area contributed by atoms with Crippen molar-refractivity contribution in [3.05, 3.63) is 107 Å². The fourth-order valence-corrected chi connectivity index (χ4v) is 2.68. The molecule has 0 unspecified atom stereocenters. The number of carbonyl (C=O) groups excluding carboxylic acids is 3. The van der Waals surface area contributed by atoms with Gasteiger partial charge in [0.1, 0.15) is 11.5 Å². The van der Waals surface area contributed by atoms with Crippen LogP contribution in [0.3, 0.4) is 0 Å². The number of benzene rings is 3. The highest BCUT2D eigenvalue weighted by atomic mass is 19.1. The summed E-state index contributed by atoms with van der Waals surface area (Å²) in [4.78, 5) is 37.0. The number of nitrogens with one attached hydrogen (secondary N) is 2. The van der Waals surface area contributed by atoms with E-state index in [0.717, 1.165) is 0 Å². The van der Waals surface area contributed by atoms with E-state index in [-0.39, 0.29) is 11.5 Å². The topological polar surface area (TPSA) is 75.3 Å². The molecular weight excluding hydrogens is 383 g/mol. The molecule has 2 amide bonds.